The van der Waals surface area contributed by atoms with E-state index in [-0.39, 0.29) is 0 Å². The molecule has 1 aromatic carbocycles. The van der Waals surface area contributed by atoms with Crippen molar-refractivity contribution in [2.75, 3.05) is 26.7 Å². The molecular formula is C21H31N3O2S. The highest BCUT2D eigenvalue weighted by atomic mass is 32.1. The lowest BCUT2D eigenvalue weighted by Gasteiger charge is -2.21. The lowest BCUT2D eigenvalue weighted by molar-refractivity contribution is 0.0711. The molecule has 0 saturated heterocycles. The zero-order valence-corrected chi connectivity index (χ0v) is 17.5. The molecule has 0 aliphatic heterocycles. The van der Waals surface area contributed by atoms with Crippen LogP contribution in [0, 0.1) is 0 Å². The Morgan fingerprint density at radius 2 is 2.00 bits per heavy atom. The summed E-state index contributed by atoms with van der Waals surface area (Å²) in [6.45, 7) is 7.96. The van der Waals surface area contributed by atoms with Crippen LogP contribution in [0.4, 0.5) is 0 Å². The maximum Gasteiger partial charge on any atom is 0.191 e. The maximum absolute atomic E-state index is 10.6. The molecule has 148 valence electrons. The minimum Gasteiger partial charge on any atom is -0.497 e. The fourth-order valence-electron chi connectivity index (χ4n) is 2.74. The van der Waals surface area contributed by atoms with E-state index in [9.17, 15) is 5.11 Å². The van der Waals surface area contributed by atoms with Gasteiger partial charge in [0, 0.05) is 18.0 Å². The normalized spacial score (nSPS) is 15.1. The Labute approximate surface area is 166 Å². The van der Waals surface area contributed by atoms with E-state index in [1.807, 2.05) is 36.6 Å². The van der Waals surface area contributed by atoms with Crippen molar-refractivity contribution in [3.63, 3.8) is 0 Å². The average Bonchev–Trinajstić information content (AvgIpc) is 3.22. The van der Waals surface area contributed by atoms with Gasteiger partial charge >= 0.3 is 0 Å². The van der Waals surface area contributed by atoms with E-state index in [2.05, 4.69) is 34.7 Å². The number of nitrogens with one attached hydrogen (secondary N) is 2. The van der Waals surface area contributed by atoms with Gasteiger partial charge in [0.2, 0.25) is 0 Å². The van der Waals surface area contributed by atoms with Crippen molar-refractivity contribution in [3.05, 3.63) is 52.2 Å². The third kappa shape index (κ3) is 6.56. The summed E-state index contributed by atoms with van der Waals surface area (Å²) in [6, 6.07) is 12.1. The number of nitrogens with zero attached hydrogens (tertiary/aromatic N) is 1. The number of aliphatic imine (C=N–C) groups is 1. The predicted octanol–water partition coefficient (Wildman–Crippen LogP) is 3.71. The summed E-state index contributed by atoms with van der Waals surface area (Å²) < 4.78 is 5.21. The van der Waals surface area contributed by atoms with Gasteiger partial charge in [-0.3, -0.25) is 0 Å². The van der Waals surface area contributed by atoms with Crippen molar-refractivity contribution in [3.8, 4) is 5.75 Å². The zero-order valence-electron chi connectivity index (χ0n) is 16.7. The van der Waals surface area contributed by atoms with Gasteiger partial charge in [-0.2, -0.15) is 0 Å². The topological polar surface area (TPSA) is 65.9 Å². The van der Waals surface area contributed by atoms with Crippen LogP contribution in [-0.2, 0) is 5.60 Å². The highest BCUT2D eigenvalue weighted by Gasteiger charge is 2.24. The first-order valence-electron chi connectivity index (χ1n) is 9.38. The molecule has 2 aromatic rings. The zero-order chi connectivity index (χ0) is 19.7. The molecule has 2 unspecified atom stereocenters. The van der Waals surface area contributed by atoms with Crippen molar-refractivity contribution in [2.24, 2.45) is 4.99 Å². The molecule has 3 N–H and O–H groups in total. The highest BCUT2D eigenvalue weighted by molar-refractivity contribution is 7.10. The molecule has 0 amide bonds. The first-order chi connectivity index (χ1) is 13.0. The molecule has 0 spiro atoms. The number of methoxy groups -OCH3 is 1. The summed E-state index contributed by atoms with van der Waals surface area (Å²) in [5, 5.41) is 19.2. The van der Waals surface area contributed by atoms with Gasteiger partial charge in [-0.05, 0) is 55.3 Å². The van der Waals surface area contributed by atoms with E-state index in [1.54, 1.807) is 25.4 Å². The Balaban J connectivity index is 1.87. The smallest absolute Gasteiger partial charge is 0.191 e. The summed E-state index contributed by atoms with van der Waals surface area (Å²) in [7, 11) is 1.68. The molecule has 1 heterocycles. The van der Waals surface area contributed by atoms with E-state index in [0.717, 1.165) is 36.1 Å². The quantitative estimate of drug-likeness (QED) is 0.452. The largest absolute Gasteiger partial charge is 0.497 e. The molecule has 2 atom stereocenters. The van der Waals surface area contributed by atoms with Crippen molar-refractivity contribution in [2.45, 2.75) is 38.7 Å². The van der Waals surface area contributed by atoms with Crippen molar-refractivity contribution in [1.82, 2.24) is 10.6 Å². The Morgan fingerprint density at radius 3 is 2.59 bits per heavy atom. The molecule has 0 aliphatic rings. The average molecular weight is 390 g/mol. The van der Waals surface area contributed by atoms with Crippen molar-refractivity contribution >= 4 is 17.3 Å². The highest BCUT2D eigenvalue weighted by Crippen LogP contribution is 2.25. The number of thiophene rings is 1. The number of hydrogen-bond donors (Lipinski definition) is 3. The Morgan fingerprint density at radius 1 is 1.26 bits per heavy atom. The van der Waals surface area contributed by atoms with Crippen LogP contribution in [0.1, 0.15) is 43.6 Å². The molecule has 5 nitrogen and oxygen atoms in total. The molecule has 0 bridgehead atoms. The fourth-order valence-corrected chi connectivity index (χ4v) is 3.52. The summed E-state index contributed by atoms with van der Waals surface area (Å²) in [4.78, 5) is 5.49. The lowest BCUT2D eigenvalue weighted by Crippen LogP contribution is -2.39. The molecule has 6 heteroatoms. The van der Waals surface area contributed by atoms with Gasteiger partial charge in [-0.25, -0.2) is 4.99 Å². The van der Waals surface area contributed by atoms with Crippen LogP contribution in [-0.4, -0.2) is 37.8 Å². The minimum absolute atomic E-state index is 0.316. The lowest BCUT2D eigenvalue weighted by atomic mass is 9.98. The van der Waals surface area contributed by atoms with Crippen LogP contribution >= 0.6 is 11.3 Å². The number of benzene rings is 1. The molecule has 0 radical (unpaired) electrons. The molecule has 0 aliphatic carbocycles. The van der Waals surface area contributed by atoms with Gasteiger partial charge in [-0.15, -0.1) is 11.3 Å². The third-order valence-electron chi connectivity index (χ3n) is 4.50. The van der Waals surface area contributed by atoms with Gasteiger partial charge in [0.05, 0.1) is 13.7 Å². The van der Waals surface area contributed by atoms with Gasteiger partial charge < -0.3 is 20.5 Å². The molecule has 1 aromatic heterocycles. The Kier molecular flexibility index (Phi) is 8.13. The Bertz CT molecular complexity index is 697. The van der Waals surface area contributed by atoms with Crippen LogP contribution in [0.2, 0.25) is 0 Å². The van der Waals surface area contributed by atoms with Crippen LogP contribution in [0.25, 0.3) is 0 Å². The number of hydrogen-bond acceptors (Lipinski definition) is 4. The van der Waals surface area contributed by atoms with Gasteiger partial charge in [-0.1, -0.05) is 25.1 Å². The number of rotatable bonds is 9. The van der Waals surface area contributed by atoms with E-state index in [4.69, 9.17) is 4.74 Å². The number of aliphatic hydroxyl groups is 1. The van der Waals surface area contributed by atoms with Gasteiger partial charge in [0.15, 0.2) is 5.96 Å². The number of guanidine groups is 1. The summed E-state index contributed by atoms with van der Waals surface area (Å²) in [5.41, 5.74) is 0.340. The second-order valence-electron chi connectivity index (χ2n) is 6.84. The van der Waals surface area contributed by atoms with Crippen LogP contribution in [0.3, 0.4) is 0 Å². The first-order valence-corrected chi connectivity index (χ1v) is 10.3. The molecular weight excluding hydrogens is 358 g/mol. The molecule has 0 fully saturated rings. The maximum atomic E-state index is 10.6. The fraction of sp³-hybridized carbons (Fsp3) is 0.476. The Hall–Kier alpha value is -2.05. The minimum atomic E-state index is -0.951. The first kappa shape index (κ1) is 21.3. The monoisotopic (exact) mass is 389 g/mol. The predicted molar refractivity (Wildman–Crippen MR) is 114 cm³/mol. The van der Waals surface area contributed by atoms with E-state index in [1.165, 1.54) is 5.56 Å². The van der Waals surface area contributed by atoms with E-state index >= 15 is 0 Å². The van der Waals surface area contributed by atoms with Crippen molar-refractivity contribution < 1.29 is 9.84 Å². The third-order valence-corrected chi connectivity index (χ3v) is 5.62. The van der Waals surface area contributed by atoms with Crippen molar-refractivity contribution in [1.29, 1.82) is 0 Å². The van der Waals surface area contributed by atoms with Crippen LogP contribution < -0.4 is 15.4 Å². The van der Waals surface area contributed by atoms with Crippen LogP contribution in [0.5, 0.6) is 5.75 Å². The standard InChI is InChI=1S/C21H31N3O2S/c1-5-22-20(24-15-21(3,25)19-7-6-14-27-19)23-13-12-16(2)17-8-10-18(26-4)11-9-17/h6-11,14,16,25H,5,12-13,15H2,1-4H3,(H2,22,23,24). The second-order valence-corrected chi connectivity index (χ2v) is 7.78. The second kappa shape index (κ2) is 10.3. The molecule has 27 heavy (non-hydrogen) atoms. The summed E-state index contributed by atoms with van der Waals surface area (Å²) in [6.07, 6.45) is 0.984. The van der Waals surface area contributed by atoms with E-state index in [0.29, 0.717) is 12.5 Å². The molecule has 2 rings (SSSR count). The van der Waals surface area contributed by atoms with Gasteiger partial charge in [0.1, 0.15) is 11.4 Å². The van der Waals surface area contributed by atoms with Gasteiger partial charge in [0.25, 0.3) is 0 Å². The van der Waals surface area contributed by atoms with E-state index < -0.39 is 5.60 Å². The number of ether oxygens (including phenoxy) is 1. The SMILES string of the molecule is CCNC(=NCC(C)(O)c1cccs1)NCCC(C)c1ccc(OC)cc1. The summed E-state index contributed by atoms with van der Waals surface area (Å²) in [5.74, 6) is 2.04. The summed E-state index contributed by atoms with van der Waals surface area (Å²) >= 11 is 1.55. The molecule has 0 saturated carbocycles. The van der Waals surface area contributed by atoms with Crippen LogP contribution in [0.15, 0.2) is 46.8 Å².